The Labute approximate surface area is 84.4 Å². The molecule has 0 aliphatic heterocycles. The molecule has 0 unspecified atom stereocenters. The molecule has 2 rings (SSSR count). The maximum absolute atomic E-state index is 4.01. The Balaban J connectivity index is 2.42. The minimum atomic E-state index is 1.08. The molecule has 0 aliphatic rings. The van der Waals surface area contributed by atoms with Gasteiger partial charge in [-0.05, 0) is 35.2 Å². The Bertz CT molecular complexity index is 407. The summed E-state index contributed by atoms with van der Waals surface area (Å²) in [6.07, 6.45) is 4.74. The fourth-order valence-electron chi connectivity index (χ4n) is 1.52. The Kier molecular flexibility index (Phi) is 2.59. The third-order valence-corrected chi connectivity index (χ3v) is 2.35. The molecular weight excluding hydrogens is 170 g/mol. The lowest BCUT2D eigenvalue weighted by atomic mass is 10.0. The summed E-state index contributed by atoms with van der Waals surface area (Å²) in [5, 5.41) is 0. The van der Waals surface area contributed by atoms with E-state index in [0.29, 0.717) is 0 Å². The molecule has 70 valence electrons. The van der Waals surface area contributed by atoms with Gasteiger partial charge in [-0.1, -0.05) is 31.2 Å². The van der Waals surface area contributed by atoms with Gasteiger partial charge in [0, 0.05) is 12.4 Å². The largest absolute Gasteiger partial charge is 0.265 e. The predicted octanol–water partition coefficient (Wildman–Crippen LogP) is 3.31. The molecule has 0 spiro atoms. The molecule has 1 aromatic carbocycles. The second kappa shape index (κ2) is 4.05. The highest BCUT2D eigenvalue weighted by molar-refractivity contribution is 5.63. The van der Waals surface area contributed by atoms with Crippen LogP contribution >= 0.6 is 0 Å². The van der Waals surface area contributed by atoms with Gasteiger partial charge in [0.1, 0.15) is 0 Å². The molecule has 2 aromatic rings. The number of rotatable bonds is 2. The van der Waals surface area contributed by atoms with E-state index in [1.165, 1.54) is 16.7 Å². The number of aromatic nitrogens is 1. The molecule has 1 aromatic heterocycles. The molecule has 0 aliphatic carbocycles. The van der Waals surface area contributed by atoms with Gasteiger partial charge >= 0.3 is 0 Å². The second-order valence-corrected chi connectivity index (χ2v) is 3.29. The molecule has 0 amide bonds. The molecule has 0 fully saturated rings. The van der Waals surface area contributed by atoms with Gasteiger partial charge in [0.05, 0.1) is 0 Å². The van der Waals surface area contributed by atoms with Gasteiger partial charge in [0.15, 0.2) is 0 Å². The topological polar surface area (TPSA) is 12.9 Å². The van der Waals surface area contributed by atoms with Crippen molar-refractivity contribution >= 4 is 0 Å². The summed E-state index contributed by atoms with van der Waals surface area (Å²) in [7, 11) is 0. The molecule has 0 radical (unpaired) electrons. The summed E-state index contributed by atoms with van der Waals surface area (Å²) in [6.45, 7) is 2.17. The quantitative estimate of drug-likeness (QED) is 0.696. The summed E-state index contributed by atoms with van der Waals surface area (Å²) in [5.41, 5.74) is 3.88. The van der Waals surface area contributed by atoms with Gasteiger partial charge in [-0.15, -0.1) is 0 Å². The first-order chi connectivity index (χ1) is 6.90. The first-order valence-corrected chi connectivity index (χ1v) is 4.89. The summed E-state index contributed by atoms with van der Waals surface area (Å²) in [4.78, 5) is 4.01. The average molecular weight is 183 g/mol. The molecule has 0 atom stereocenters. The first-order valence-electron chi connectivity index (χ1n) is 4.89. The van der Waals surface area contributed by atoms with Crippen LogP contribution in [0.25, 0.3) is 11.1 Å². The zero-order chi connectivity index (χ0) is 9.80. The van der Waals surface area contributed by atoms with Crippen LogP contribution in [0.15, 0.2) is 48.8 Å². The van der Waals surface area contributed by atoms with Crippen molar-refractivity contribution in [2.24, 2.45) is 0 Å². The van der Waals surface area contributed by atoms with Crippen LogP contribution in [0.5, 0.6) is 0 Å². The van der Waals surface area contributed by atoms with Gasteiger partial charge in [0.25, 0.3) is 0 Å². The van der Waals surface area contributed by atoms with Crippen LogP contribution < -0.4 is 0 Å². The summed E-state index contributed by atoms with van der Waals surface area (Å²) >= 11 is 0. The molecular formula is C13H13N. The third-order valence-electron chi connectivity index (χ3n) is 2.35. The zero-order valence-corrected chi connectivity index (χ0v) is 8.27. The fraction of sp³-hybridized carbons (Fsp3) is 0.154. The summed E-state index contributed by atoms with van der Waals surface area (Å²) < 4.78 is 0. The van der Waals surface area contributed by atoms with Crippen molar-refractivity contribution in [3.05, 3.63) is 54.4 Å². The van der Waals surface area contributed by atoms with E-state index in [-0.39, 0.29) is 0 Å². The van der Waals surface area contributed by atoms with Crippen LogP contribution in [0.3, 0.4) is 0 Å². The van der Waals surface area contributed by atoms with Gasteiger partial charge < -0.3 is 0 Å². The molecule has 1 heterocycles. The lowest BCUT2D eigenvalue weighted by molar-refractivity contribution is 1.14. The van der Waals surface area contributed by atoms with Crippen LogP contribution in [0.2, 0.25) is 0 Å². The van der Waals surface area contributed by atoms with Crippen molar-refractivity contribution in [3.8, 4) is 11.1 Å². The van der Waals surface area contributed by atoms with Gasteiger partial charge in [0.2, 0.25) is 0 Å². The van der Waals surface area contributed by atoms with E-state index in [4.69, 9.17) is 0 Å². The predicted molar refractivity (Wildman–Crippen MR) is 59.1 cm³/mol. The molecule has 0 saturated carbocycles. The molecule has 0 saturated heterocycles. The van der Waals surface area contributed by atoms with Crippen LogP contribution in [-0.2, 0) is 6.42 Å². The number of benzene rings is 1. The van der Waals surface area contributed by atoms with E-state index in [9.17, 15) is 0 Å². The lowest BCUT2D eigenvalue weighted by Gasteiger charge is -2.02. The van der Waals surface area contributed by atoms with Crippen LogP contribution in [-0.4, -0.2) is 4.98 Å². The SMILES string of the molecule is CCc1cccc(-c2ccncc2)c1. The zero-order valence-electron chi connectivity index (χ0n) is 8.27. The number of hydrogen-bond donors (Lipinski definition) is 0. The minimum Gasteiger partial charge on any atom is -0.265 e. The van der Waals surface area contributed by atoms with Gasteiger partial charge in [-0.2, -0.15) is 0 Å². The second-order valence-electron chi connectivity index (χ2n) is 3.29. The van der Waals surface area contributed by atoms with E-state index in [1.54, 1.807) is 0 Å². The number of pyridine rings is 1. The minimum absolute atomic E-state index is 1.08. The van der Waals surface area contributed by atoms with Crippen molar-refractivity contribution in [2.45, 2.75) is 13.3 Å². The Morgan fingerprint density at radius 3 is 2.50 bits per heavy atom. The number of aryl methyl sites for hydroxylation is 1. The Morgan fingerprint density at radius 2 is 1.79 bits per heavy atom. The fourth-order valence-corrected chi connectivity index (χ4v) is 1.52. The van der Waals surface area contributed by atoms with Gasteiger partial charge in [-0.3, -0.25) is 4.98 Å². The monoisotopic (exact) mass is 183 g/mol. The van der Waals surface area contributed by atoms with E-state index in [1.807, 2.05) is 24.5 Å². The number of nitrogens with zero attached hydrogens (tertiary/aromatic N) is 1. The lowest BCUT2D eigenvalue weighted by Crippen LogP contribution is -1.82. The molecule has 1 nitrogen and oxygen atoms in total. The first kappa shape index (κ1) is 8.95. The van der Waals surface area contributed by atoms with Crippen LogP contribution in [0.1, 0.15) is 12.5 Å². The van der Waals surface area contributed by atoms with Crippen LogP contribution in [0, 0.1) is 0 Å². The van der Waals surface area contributed by atoms with Crippen LogP contribution in [0.4, 0.5) is 0 Å². The maximum Gasteiger partial charge on any atom is 0.0273 e. The molecule has 0 bridgehead atoms. The standard InChI is InChI=1S/C13H13N/c1-2-11-4-3-5-13(10-11)12-6-8-14-9-7-12/h3-10H,2H2,1H3. The molecule has 1 heteroatoms. The molecule has 14 heavy (non-hydrogen) atoms. The van der Waals surface area contributed by atoms with Crippen molar-refractivity contribution in [1.82, 2.24) is 4.98 Å². The van der Waals surface area contributed by atoms with E-state index in [2.05, 4.69) is 36.2 Å². The van der Waals surface area contributed by atoms with E-state index in [0.717, 1.165) is 6.42 Å². The highest BCUT2D eigenvalue weighted by Gasteiger charge is 1.96. The highest BCUT2D eigenvalue weighted by atomic mass is 14.6. The van der Waals surface area contributed by atoms with E-state index >= 15 is 0 Å². The van der Waals surface area contributed by atoms with Crippen molar-refractivity contribution in [1.29, 1.82) is 0 Å². The maximum atomic E-state index is 4.01. The van der Waals surface area contributed by atoms with Crippen molar-refractivity contribution in [3.63, 3.8) is 0 Å². The Morgan fingerprint density at radius 1 is 1.00 bits per heavy atom. The Hall–Kier alpha value is -1.63. The summed E-state index contributed by atoms with van der Waals surface area (Å²) in [6, 6.07) is 12.7. The number of hydrogen-bond acceptors (Lipinski definition) is 1. The normalized spacial score (nSPS) is 10.1. The highest BCUT2D eigenvalue weighted by Crippen LogP contribution is 2.19. The van der Waals surface area contributed by atoms with Gasteiger partial charge in [-0.25, -0.2) is 0 Å². The smallest absolute Gasteiger partial charge is 0.0273 e. The third kappa shape index (κ3) is 1.82. The summed E-state index contributed by atoms with van der Waals surface area (Å²) in [5.74, 6) is 0. The average Bonchev–Trinajstić information content (AvgIpc) is 2.30. The van der Waals surface area contributed by atoms with E-state index < -0.39 is 0 Å². The van der Waals surface area contributed by atoms with Crippen molar-refractivity contribution < 1.29 is 0 Å². The molecule has 0 N–H and O–H groups in total. The van der Waals surface area contributed by atoms with Crippen molar-refractivity contribution in [2.75, 3.05) is 0 Å².